The lowest BCUT2D eigenvalue weighted by molar-refractivity contribution is 0.581. The highest BCUT2D eigenvalue weighted by Crippen LogP contribution is 2.11. The fourth-order valence-corrected chi connectivity index (χ4v) is 2.87. The number of hydrogen-bond acceptors (Lipinski definition) is 4. The van der Waals surface area contributed by atoms with Crippen LogP contribution in [0.1, 0.15) is 11.1 Å². The van der Waals surface area contributed by atoms with Crippen LogP contribution in [0.25, 0.3) is 0 Å². The van der Waals surface area contributed by atoms with Gasteiger partial charge < -0.3 is 0 Å². The number of nitriles is 1. The number of aromatic nitrogens is 1. The number of nitrogens with zero attached hydrogens (tertiary/aromatic N) is 2. The minimum atomic E-state index is -3.51. The molecule has 6 heteroatoms. The summed E-state index contributed by atoms with van der Waals surface area (Å²) in [4.78, 5) is 4.12. The predicted octanol–water partition coefficient (Wildman–Crippen LogP) is 1.67. The summed E-state index contributed by atoms with van der Waals surface area (Å²) in [6.07, 6.45) is 4.24. The van der Waals surface area contributed by atoms with E-state index in [2.05, 4.69) is 9.71 Å². The normalized spacial score (nSPS) is 11.0. The van der Waals surface area contributed by atoms with E-state index in [0.29, 0.717) is 13.0 Å². The molecule has 1 heterocycles. The zero-order chi connectivity index (χ0) is 15.1. The molecule has 108 valence electrons. The minimum Gasteiger partial charge on any atom is -0.265 e. The van der Waals surface area contributed by atoms with Crippen LogP contribution >= 0.6 is 0 Å². The lowest BCUT2D eigenvalue weighted by Gasteiger charge is -2.07. The van der Waals surface area contributed by atoms with Crippen LogP contribution in [0, 0.1) is 11.3 Å². The Labute approximate surface area is 124 Å². The van der Waals surface area contributed by atoms with Crippen LogP contribution in [0.2, 0.25) is 0 Å². The van der Waals surface area contributed by atoms with E-state index in [-0.39, 0.29) is 11.3 Å². The molecule has 0 aliphatic heterocycles. The Kier molecular flexibility index (Phi) is 5.04. The zero-order valence-electron chi connectivity index (χ0n) is 11.4. The van der Waals surface area contributed by atoms with Gasteiger partial charge in [0.25, 0.3) is 0 Å². The van der Waals surface area contributed by atoms with Crippen molar-refractivity contribution in [2.24, 2.45) is 0 Å². The quantitative estimate of drug-likeness (QED) is 0.879. The largest absolute Gasteiger partial charge is 0.265 e. The Morgan fingerprint density at radius 2 is 1.71 bits per heavy atom. The lowest BCUT2D eigenvalue weighted by Crippen LogP contribution is -2.26. The van der Waals surface area contributed by atoms with E-state index >= 15 is 0 Å². The van der Waals surface area contributed by atoms with E-state index < -0.39 is 10.0 Å². The Balaban J connectivity index is 1.97. The second-order valence-corrected chi connectivity index (χ2v) is 6.25. The van der Waals surface area contributed by atoms with E-state index in [1.165, 1.54) is 12.1 Å². The first-order chi connectivity index (χ1) is 10.1. The predicted molar refractivity (Wildman–Crippen MR) is 78.9 cm³/mol. The van der Waals surface area contributed by atoms with Gasteiger partial charge in [-0.1, -0.05) is 12.1 Å². The van der Waals surface area contributed by atoms with Gasteiger partial charge in [-0.05, 0) is 41.8 Å². The van der Waals surface area contributed by atoms with E-state index in [1.54, 1.807) is 24.5 Å². The molecular weight excluding hydrogens is 286 g/mol. The monoisotopic (exact) mass is 301 g/mol. The van der Waals surface area contributed by atoms with Gasteiger partial charge in [0.1, 0.15) is 0 Å². The molecule has 0 saturated carbocycles. The molecule has 0 radical (unpaired) electrons. The summed E-state index contributed by atoms with van der Waals surface area (Å²) in [6.45, 7) is 0.326. The highest BCUT2D eigenvalue weighted by atomic mass is 32.2. The standard InChI is InChI=1S/C15H15N3O2S/c16-9-5-13-1-3-15(4-2-13)21(19,20)18-12-8-14-6-10-17-11-7-14/h1-4,6-7,10-11,18H,5,8,12H2. The number of pyridine rings is 1. The Hall–Kier alpha value is -2.23. The third-order valence-electron chi connectivity index (χ3n) is 2.97. The summed E-state index contributed by atoms with van der Waals surface area (Å²) in [7, 11) is -3.51. The smallest absolute Gasteiger partial charge is 0.240 e. The van der Waals surface area contributed by atoms with Crippen LogP contribution in [0.3, 0.4) is 0 Å². The average molecular weight is 301 g/mol. The van der Waals surface area contributed by atoms with Crippen molar-refractivity contribution >= 4 is 10.0 Å². The second-order valence-electron chi connectivity index (χ2n) is 4.48. The van der Waals surface area contributed by atoms with Gasteiger partial charge in [0.15, 0.2) is 0 Å². The molecule has 0 bridgehead atoms. The Morgan fingerprint density at radius 3 is 2.33 bits per heavy atom. The van der Waals surface area contributed by atoms with Gasteiger partial charge in [-0.15, -0.1) is 0 Å². The number of nitrogens with one attached hydrogen (secondary N) is 1. The van der Waals surface area contributed by atoms with Crippen LogP contribution < -0.4 is 4.72 Å². The first kappa shape index (κ1) is 15.2. The topological polar surface area (TPSA) is 82.8 Å². The molecule has 0 unspecified atom stereocenters. The van der Waals surface area contributed by atoms with E-state index in [4.69, 9.17) is 5.26 Å². The summed E-state index contributed by atoms with van der Waals surface area (Å²) in [5.74, 6) is 0. The highest BCUT2D eigenvalue weighted by Gasteiger charge is 2.12. The van der Waals surface area contributed by atoms with E-state index in [9.17, 15) is 8.42 Å². The number of sulfonamides is 1. The average Bonchev–Trinajstić information content (AvgIpc) is 2.49. The van der Waals surface area contributed by atoms with Crippen molar-refractivity contribution in [2.45, 2.75) is 17.7 Å². The third-order valence-corrected chi connectivity index (χ3v) is 4.45. The fourth-order valence-electron chi connectivity index (χ4n) is 1.84. The molecule has 0 fully saturated rings. The first-order valence-electron chi connectivity index (χ1n) is 6.46. The number of hydrogen-bond donors (Lipinski definition) is 1. The summed E-state index contributed by atoms with van der Waals surface area (Å²) in [6, 6.07) is 12.1. The molecule has 1 aromatic carbocycles. The second kappa shape index (κ2) is 6.97. The Morgan fingerprint density at radius 1 is 1.05 bits per heavy atom. The summed E-state index contributed by atoms with van der Waals surface area (Å²) < 4.78 is 26.8. The number of rotatable bonds is 6. The van der Waals surface area contributed by atoms with Crippen LogP contribution in [-0.4, -0.2) is 19.9 Å². The molecule has 1 aromatic heterocycles. The summed E-state index contributed by atoms with van der Waals surface area (Å²) in [5, 5.41) is 8.59. The molecule has 0 spiro atoms. The van der Waals surface area contributed by atoms with Gasteiger partial charge in [0, 0.05) is 18.9 Å². The molecule has 2 aromatic rings. The molecule has 0 amide bonds. The zero-order valence-corrected chi connectivity index (χ0v) is 12.2. The van der Waals surface area contributed by atoms with Crippen LogP contribution in [0.5, 0.6) is 0 Å². The third kappa shape index (κ3) is 4.38. The molecule has 0 saturated heterocycles. The maximum Gasteiger partial charge on any atom is 0.240 e. The van der Waals surface area contributed by atoms with Crippen molar-refractivity contribution in [3.05, 3.63) is 59.9 Å². The Bertz CT molecular complexity index is 720. The van der Waals surface area contributed by atoms with Crippen molar-refractivity contribution in [1.29, 1.82) is 5.26 Å². The van der Waals surface area contributed by atoms with Crippen molar-refractivity contribution in [2.75, 3.05) is 6.54 Å². The van der Waals surface area contributed by atoms with Gasteiger partial charge in [0.05, 0.1) is 17.4 Å². The minimum absolute atomic E-state index is 0.207. The molecule has 2 rings (SSSR count). The molecular formula is C15H15N3O2S. The van der Waals surface area contributed by atoms with Crippen molar-refractivity contribution < 1.29 is 8.42 Å². The molecule has 5 nitrogen and oxygen atoms in total. The van der Waals surface area contributed by atoms with Gasteiger partial charge in [-0.25, -0.2) is 13.1 Å². The van der Waals surface area contributed by atoms with Crippen molar-refractivity contribution in [3.8, 4) is 6.07 Å². The molecule has 0 atom stereocenters. The van der Waals surface area contributed by atoms with E-state index in [0.717, 1.165) is 11.1 Å². The van der Waals surface area contributed by atoms with Crippen molar-refractivity contribution in [3.63, 3.8) is 0 Å². The SMILES string of the molecule is N#CCc1ccc(S(=O)(=O)NCCc2ccncc2)cc1. The first-order valence-corrected chi connectivity index (χ1v) is 7.94. The van der Waals surface area contributed by atoms with Gasteiger partial charge >= 0.3 is 0 Å². The highest BCUT2D eigenvalue weighted by molar-refractivity contribution is 7.89. The molecule has 21 heavy (non-hydrogen) atoms. The summed E-state index contributed by atoms with van der Waals surface area (Å²) in [5.41, 5.74) is 1.82. The fraction of sp³-hybridized carbons (Fsp3) is 0.200. The van der Waals surface area contributed by atoms with Crippen LogP contribution in [0.15, 0.2) is 53.7 Å². The van der Waals surface area contributed by atoms with Crippen LogP contribution in [0.4, 0.5) is 0 Å². The van der Waals surface area contributed by atoms with Gasteiger partial charge in [-0.3, -0.25) is 4.98 Å². The van der Waals surface area contributed by atoms with E-state index in [1.807, 2.05) is 18.2 Å². The summed E-state index contributed by atoms with van der Waals surface area (Å²) >= 11 is 0. The maximum atomic E-state index is 12.1. The molecule has 0 aliphatic carbocycles. The van der Waals surface area contributed by atoms with Gasteiger partial charge in [-0.2, -0.15) is 5.26 Å². The van der Waals surface area contributed by atoms with Crippen molar-refractivity contribution in [1.82, 2.24) is 9.71 Å². The van der Waals surface area contributed by atoms with Crippen LogP contribution in [-0.2, 0) is 22.9 Å². The lowest BCUT2D eigenvalue weighted by atomic mass is 10.2. The van der Waals surface area contributed by atoms with Gasteiger partial charge in [0.2, 0.25) is 10.0 Å². The number of benzene rings is 1. The maximum absolute atomic E-state index is 12.1. The molecule has 0 aliphatic rings. The molecule has 1 N–H and O–H groups in total.